The molecule has 0 atom stereocenters. The SMILES string of the molecule is CCCC/C(O)=C(\C)C(=O)O.O=P(O)(O)O. The number of phosphoric acid groups is 1. The molecule has 0 aromatic carbocycles. The molecule has 5 N–H and O–H groups in total. The van der Waals surface area contributed by atoms with E-state index in [1.807, 2.05) is 6.92 Å². The van der Waals surface area contributed by atoms with Crippen LogP contribution < -0.4 is 0 Å². The summed E-state index contributed by atoms with van der Waals surface area (Å²) < 4.78 is 8.88. The van der Waals surface area contributed by atoms with Crippen molar-refractivity contribution in [3.8, 4) is 0 Å². The maximum Gasteiger partial charge on any atom is 0.466 e. The van der Waals surface area contributed by atoms with Gasteiger partial charge in [0.1, 0.15) is 5.76 Å². The topological polar surface area (TPSA) is 135 Å². The summed E-state index contributed by atoms with van der Waals surface area (Å²) in [5.74, 6) is -1.04. The van der Waals surface area contributed by atoms with Crippen LogP contribution in [-0.4, -0.2) is 30.9 Å². The van der Waals surface area contributed by atoms with E-state index < -0.39 is 13.8 Å². The molecule has 0 aliphatic rings. The highest BCUT2D eigenvalue weighted by atomic mass is 31.2. The lowest BCUT2D eigenvalue weighted by Gasteiger charge is -2.00. The van der Waals surface area contributed by atoms with Crippen LogP contribution in [0.2, 0.25) is 0 Å². The normalized spacial score (nSPS) is 12.3. The van der Waals surface area contributed by atoms with Gasteiger partial charge in [0.25, 0.3) is 0 Å². The van der Waals surface area contributed by atoms with Gasteiger partial charge in [0.2, 0.25) is 0 Å². The van der Waals surface area contributed by atoms with Gasteiger partial charge >= 0.3 is 13.8 Å². The number of carbonyl (C=O) groups is 1. The Morgan fingerprint density at radius 3 is 1.81 bits per heavy atom. The van der Waals surface area contributed by atoms with Crippen molar-refractivity contribution in [3.05, 3.63) is 11.3 Å². The summed E-state index contributed by atoms with van der Waals surface area (Å²) in [6, 6.07) is 0. The van der Waals surface area contributed by atoms with E-state index in [1.165, 1.54) is 6.92 Å². The molecular weight excluding hydrogens is 239 g/mol. The van der Waals surface area contributed by atoms with Crippen LogP contribution in [0.25, 0.3) is 0 Å². The fourth-order valence-corrected chi connectivity index (χ4v) is 0.655. The molecule has 0 aromatic heterocycles. The molecule has 0 saturated heterocycles. The lowest BCUT2D eigenvalue weighted by molar-refractivity contribution is -0.132. The highest BCUT2D eigenvalue weighted by Gasteiger charge is 2.06. The monoisotopic (exact) mass is 256 g/mol. The number of aliphatic hydroxyl groups excluding tert-OH is 1. The molecule has 0 aliphatic heterocycles. The molecule has 0 fully saturated rings. The molecule has 0 saturated carbocycles. The minimum Gasteiger partial charge on any atom is -0.512 e. The van der Waals surface area contributed by atoms with Gasteiger partial charge in [-0.25, -0.2) is 9.36 Å². The van der Waals surface area contributed by atoms with E-state index in [9.17, 15) is 4.79 Å². The summed E-state index contributed by atoms with van der Waals surface area (Å²) in [5, 5.41) is 17.6. The van der Waals surface area contributed by atoms with Gasteiger partial charge in [-0.05, 0) is 13.3 Å². The van der Waals surface area contributed by atoms with Crippen molar-refractivity contribution in [2.45, 2.75) is 33.1 Å². The van der Waals surface area contributed by atoms with Crippen LogP contribution in [0.1, 0.15) is 33.1 Å². The highest BCUT2D eigenvalue weighted by Crippen LogP contribution is 2.25. The third kappa shape index (κ3) is 15.6. The maximum atomic E-state index is 10.3. The Hall–Kier alpha value is -0.880. The second kappa shape index (κ2) is 8.29. The number of aliphatic hydroxyl groups is 1. The molecule has 16 heavy (non-hydrogen) atoms. The van der Waals surface area contributed by atoms with E-state index in [0.29, 0.717) is 6.42 Å². The first-order valence-electron chi connectivity index (χ1n) is 4.49. The number of carboxylic acids is 1. The first kappa shape index (κ1) is 17.5. The van der Waals surface area contributed by atoms with Crippen LogP contribution >= 0.6 is 7.82 Å². The number of hydrogen-bond acceptors (Lipinski definition) is 3. The fourth-order valence-electron chi connectivity index (χ4n) is 0.655. The van der Waals surface area contributed by atoms with E-state index in [1.54, 1.807) is 0 Å². The van der Waals surface area contributed by atoms with Crippen LogP contribution in [0.15, 0.2) is 11.3 Å². The van der Waals surface area contributed by atoms with Gasteiger partial charge in [-0.3, -0.25) is 0 Å². The van der Waals surface area contributed by atoms with Crippen LogP contribution in [0.4, 0.5) is 0 Å². The summed E-state index contributed by atoms with van der Waals surface area (Å²) in [4.78, 5) is 31.8. The molecule has 0 rings (SSSR count). The number of aliphatic carboxylic acids is 1. The molecule has 8 heteroatoms. The summed E-state index contributed by atoms with van der Waals surface area (Å²) in [5.41, 5.74) is 0.0541. The summed E-state index contributed by atoms with van der Waals surface area (Å²) >= 11 is 0. The largest absolute Gasteiger partial charge is 0.512 e. The second-order valence-electron chi connectivity index (χ2n) is 2.99. The Kier molecular flexibility index (Phi) is 9.08. The van der Waals surface area contributed by atoms with E-state index in [2.05, 4.69) is 0 Å². The Morgan fingerprint density at radius 2 is 1.56 bits per heavy atom. The van der Waals surface area contributed by atoms with Crippen LogP contribution in [0.3, 0.4) is 0 Å². The van der Waals surface area contributed by atoms with E-state index in [4.69, 9.17) is 29.5 Å². The van der Waals surface area contributed by atoms with E-state index >= 15 is 0 Å². The van der Waals surface area contributed by atoms with Crippen molar-refractivity contribution < 1.29 is 34.3 Å². The average molecular weight is 256 g/mol. The Morgan fingerprint density at radius 1 is 1.19 bits per heavy atom. The van der Waals surface area contributed by atoms with Gasteiger partial charge in [0, 0.05) is 6.42 Å². The van der Waals surface area contributed by atoms with Gasteiger partial charge < -0.3 is 24.9 Å². The van der Waals surface area contributed by atoms with Crippen LogP contribution in [0.5, 0.6) is 0 Å². The molecule has 0 heterocycles. The minimum atomic E-state index is -4.64. The lowest BCUT2D eigenvalue weighted by Crippen LogP contribution is -2.00. The predicted molar refractivity (Wildman–Crippen MR) is 56.8 cm³/mol. The summed E-state index contributed by atoms with van der Waals surface area (Å²) in [6.07, 6.45) is 2.25. The minimum absolute atomic E-state index is 0.000602. The third-order valence-electron chi connectivity index (χ3n) is 1.52. The fraction of sp³-hybridized carbons (Fsp3) is 0.625. The zero-order valence-corrected chi connectivity index (χ0v) is 10.0. The molecule has 0 amide bonds. The summed E-state index contributed by atoms with van der Waals surface area (Å²) in [6.45, 7) is 3.40. The average Bonchev–Trinajstić information content (AvgIpc) is 2.10. The molecule has 0 spiro atoms. The molecule has 0 aliphatic carbocycles. The summed E-state index contributed by atoms with van der Waals surface area (Å²) in [7, 11) is -4.64. The van der Waals surface area contributed by atoms with Crippen molar-refractivity contribution in [2.75, 3.05) is 0 Å². The zero-order valence-electron chi connectivity index (χ0n) is 9.12. The third-order valence-corrected chi connectivity index (χ3v) is 1.52. The van der Waals surface area contributed by atoms with Gasteiger partial charge in [-0.2, -0.15) is 0 Å². The number of hydrogen-bond donors (Lipinski definition) is 5. The van der Waals surface area contributed by atoms with Gasteiger partial charge in [0.05, 0.1) is 5.57 Å². The Balaban J connectivity index is 0. The van der Waals surface area contributed by atoms with Gasteiger partial charge in [-0.15, -0.1) is 0 Å². The molecular formula is C8H17O7P. The van der Waals surface area contributed by atoms with E-state index in [0.717, 1.165) is 12.8 Å². The molecule has 96 valence electrons. The van der Waals surface area contributed by atoms with Gasteiger partial charge in [0.15, 0.2) is 0 Å². The first-order chi connectivity index (χ1) is 7.09. The van der Waals surface area contributed by atoms with Crippen molar-refractivity contribution in [3.63, 3.8) is 0 Å². The molecule has 7 nitrogen and oxygen atoms in total. The Bertz CT molecular complexity index is 282. The van der Waals surface area contributed by atoms with E-state index in [-0.39, 0.29) is 11.3 Å². The second-order valence-corrected chi connectivity index (χ2v) is 4.02. The quantitative estimate of drug-likeness (QED) is 0.289. The molecule has 0 bridgehead atoms. The number of carboxylic acid groups (broad SMARTS) is 1. The standard InChI is InChI=1S/C8H14O3.H3O4P/c1-3-4-5-7(9)6(2)8(10)11;1-5(2,3)4/h9H,3-5H2,1-2H3,(H,10,11);(H3,1,2,3,4)/b7-6-;. The molecule has 0 radical (unpaired) electrons. The highest BCUT2D eigenvalue weighted by molar-refractivity contribution is 7.45. The zero-order chi connectivity index (χ0) is 13.4. The molecule has 0 unspecified atom stereocenters. The van der Waals surface area contributed by atoms with Crippen molar-refractivity contribution >= 4 is 13.8 Å². The van der Waals surface area contributed by atoms with Crippen LogP contribution in [0, 0.1) is 0 Å². The lowest BCUT2D eigenvalue weighted by atomic mass is 10.1. The molecule has 0 aromatic rings. The maximum absolute atomic E-state index is 10.3. The number of allylic oxidation sites excluding steroid dienone is 1. The first-order valence-corrected chi connectivity index (χ1v) is 6.06. The van der Waals surface area contributed by atoms with Crippen molar-refractivity contribution in [2.24, 2.45) is 0 Å². The number of unbranched alkanes of at least 4 members (excludes halogenated alkanes) is 1. The van der Waals surface area contributed by atoms with Crippen molar-refractivity contribution in [1.82, 2.24) is 0 Å². The number of rotatable bonds is 4. The Labute approximate surface area is 93.3 Å². The van der Waals surface area contributed by atoms with Crippen molar-refractivity contribution in [1.29, 1.82) is 0 Å². The van der Waals surface area contributed by atoms with Gasteiger partial charge in [-0.1, -0.05) is 13.3 Å². The predicted octanol–water partition coefficient (Wildman–Crippen LogP) is 1.16. The van der Waals surface area contributed by atoms with Crippen LogP contribution in [-0.2, 0) is 9.36 Å². The smallest absolute Gasteiger partial charge is 0.466 e.